The van der Waals surface area contributed by atoms with Crippen LogP contribution in [0.2, 0.25) is 0 Å². The molecular formula is C8Cl3F5N2PS2-. The Bertz CT molecular complexity index is 712. The van der Waals surface area contributed by atoms with E-state index >= 15 is 0 Å². The van der Waals surface area contributed by atoms with E-state index in [1.165, 1.54) is 10.3 Å². The van der Waals surface area contributed by atoms with E-state index in [2.05, 4.69) is 34.0 Å². The Morgan fingerprint density at radius 3 is 1.29 bits per heavy atom. The zero-order valence-electron chi connectivity index (χ0n) is 9.18. The SMILES string of the molecule is Fc1c(F)c(F)c([P-](Cl)(Cl)(Cl)(N=C=S)N=C=S)c(F)c1F. The van der Waals surface area contributed by atoms with Crippen LogP contribution in [-0.2, 0) is 0 Å². The van der Waals surface area contributed by atoms with Crippen molar-refractivity contribution in [3.05, 3.63) is 29.1 Å². The molecule has 0 bridgehead atoms. The molecule has 0 aromatic heterocycles. The van der Waals surface area contributed by atoms with Crippen molar-refractivity contribution in [2.24, 2.45) is 9.53 Å². The molecule has 13 heteroatoms. The van der Waals surface area contributed by atoms with Crippen molar-refractivity contribution >= 4 is 78.1 Å². The fourth-order valence-corrected chi connectivity index (χ4v) is 6.88. The van der Waals surface area contributed by atoms with Gasteiger partial charge in [0.25, 0.3) is 0 Å². The number of benzene rings is 1. The van der Waals surface area contributed by atoms with Crippen molar-refractivity contribution in [2.75, 3.05) is 0 Å². The predicted molar refractivity (Wildman–Crippen MR) is 80.4 cm³/mol. The number of nitrogens with zero attached hydrogens (tertiary/aromatic N) is 2. The van der Waals surface area contributed by atoms with Gasteiger partial charge in [-0.05, 0) is 0 Å². The minimum atomic E-state index is -6.66. The average molecular weight is 421 g/mol. The molecule has 2 nitrogen and oxygen atoms in total. The van der Waals surface area contributed by atoms with Gasteiger partial charge in [-0.15, -0.1) is 0 Å². The number of isothiocyanates is 2. The number of hydrogen-bond acceptors (Lipinski definition) is 4. The second-order valence-electron chi connectivity index (χ2n) is 3.49. The van der Waals surface area contributed by atoms with Crippen molar-refractivity contribution < 1.29 is 22.0 Å². The van der Waals surface area contributed by atoms with Crippen LogP contribution in [-0.4, -0.2) is 10.3 Å². The molecule has 0 radical (unpaired) electrons. The van der Waals surface area contributed by atoms with Crippen LogP contribution in [0.5, 0.6) is 0 Å². The maximum atomic E-state index is 13.9. The first-order valence-electron chi connectivity index (χ1n) is 4.43. The molecule has 0 unspecified atom stereocenters. The summed E-state index contributed by atoms with van der Waals surface area (Å²) in [6.07, 6.45) is 0. The molecule has 0 saturated carbocycles. The summed E-state index contributed by atoms with van der Waals surface area (Å²) < 4.78 is 66.6. The molecule has 0 atom stereocenters. The summed E-state index contributed by atoms with van der Waals surface area (Å²) in [5.41, 5.74) is 0. The first-order valence-corrected chi connectivity index (χ1v) is 10.6. The Morgan fingerprint density at radius 2 is 1.00 bits per heavy atom. The van der Waals surface area contributed by atoms with Gasteiger partial charge in [0, 0.05) is 0 Å². The molecule has 0 saturated heterocycles. The maximum absolute atomic E-state index is 13.9. The van der Waals surface area contributed by atoms with Gasteiger partial charge in [-0.1, -0.05) is 0 Å². The van der Waals surface area contributed by atoms with E-state index in [-0.39, 0.29) is 0 Å². The summed E-state index contributed by atoms with van der Waals surface area (Å²) in [5, 5.41) is 1.12. The molecule has 0 spiro atoms. The van der Waals surface area contributed by atoms with Gasteiger partial charge in [0.15, 0.2) is 0 Å². The van der Waals surface area contributed by atoms with E-state index in [0.717, 1.165) is 0 Å². The molecule has 0 amide bonds. The van der Waals surface area contributed by atoms with Gasteiger partial charge >= 0.3 is 139 Å². The molecule has 0 aliphatic rings. The van der Waals surface area contributed by atoms with Gasteiger partial charge in [0.2, 0.25) is 0 Å². The van der Waals surface area contributed by atoms with Crippen molar-refractivity contribution in [1.82, 2.24) is 0 Å². The van der Waals surface area contributed by atoms with Gasteiger partial charge in [-0.25, -0.2) is 0 Å². The van der Waals surface area contributed by atoms with Crippen molar-refractivity contribution in [2.45, 2.75) is 0 Å². The first-order chi connectivity index (χ1) is 9.34. The van der Waals surface area contributed by atoms with Crippen LogP contribution in [0, 0.1) is 29.1 Å². The summed E-state index contributed by atoms with van der Waals surface area (Å²) >= 11 is 25.5. The first kappa shape index (κ1) is 18.8. The molecule has 0 aliphatic heterocycles. The number of thiocarbonyl (C=S) groups is 2. The van der Waals surface area contributed by atoms with E-state index < -0.39 is 38.7 Å². The van der Waals surface area contributed by atoms with Gasteiger partial charge in [0.1, 0.15) is 0 Å². The van der Waals surface area contributed by atoms with Gasteiger partial charge < -0.3 is 0 Å². The number of rotatable bonds is 3. The monoisotopic (exact) mass is 419 g/mol. The third-order valence-corrected chi connectivity index (χ3v) is 7.81. The summed E-state index contributed by atoms with van der Waals surface area (Å²) in [6.45, 7) is 0. The van der Waals surface area contributed by atoms with Crippen LogP contribution in [0.3, 0.4) is 0 Å². The molecule has 0 aliphatic carbocycles. The van der Waals surface area contributed by atoms with Crippen LogP contribution < -0.4 is 5.30 Å². The second kappa shape index (κ2) is 5.15. The average Bonchev–Trinajstić information content (AvgIpc) is 2.33. The Morgan fingerprint density at radius 1 is 0.714 bits per heavy atom. The van der Waals surface area contributed by atoms with Crippen molar-refractivity contribution in [1.29, 1.82) is 0 Å². The Balaban J connectivity index is 4.26. The van der Waals surface area contributed by atoms with E-state index in [0.29, 0.717) is 0 Å². The Labute approximate surface area is 138 Å². The fourth-order valence-electron chi connectivity index (χ4n) is 1.28. The molecule has 116 valence electrons. The Hall–Kier alpha value is -0.230. The summed E-state index contributed by atoms with van der Waals surface area (Å²) in [4.78, 5) is 0. The normalized spacial score (nSPS) is 14.5. The molecular weight excluding hydrogens is 421 g/mol. The number of halogens is 8. The molecule has 0 fully saturated rings. The molecule has 1 rings (SSSR count). The summed E-state index contributed by atoms with van der Waals surface area (Å²) in [6, 6.07) is 0. The van der Waals surface area contributed by atoms with E-state index in [4.69, 9.17) is 33.7 Å². The predicted octanol–water partition coefficient (Wildman–Crippen LogP) is 5.59. The summed E-state index contributed by atoms with van der Waals surface area (Å²) in [7, 11) is 0. The van der Waals surface area contributed by atoms with Crippen LogP contribution in [0.25, 0.3) is 0 Å². The van der Waals surface area contributed by atoms with Crippen LogP contribution in [0.15, 0.2) is 9.53 Å². The third kappa shape index (κ3) is 2.98. The zero-order valence-corrected chi connectivity index (χ0v) is 14.0. The fraction of sp³-hybridized carbons (Fsp3) is 0. The van der Waals surface area contributed by atoms with E-state index in [1.54, 1.807) is 0 Å². The molecule has 1 aromatic rings. The van der Waals surface area contributed by atoms with E-state index in [1.807, 2.05) is 0 Å². The Kier molecular flexibility index (Phi) is 4.62. The zero-order chi connectivity index (χ0) is 16.7. The van der Waals surface area contributed by atoms with Crippen molar-refractivity contribution in [3.8, 4) is 0 Å². The second-order valence-corrected chi connectivity index (χ2v) is 15.9. The quantitative estimate of drug-likeness (QED) is 0.159. The van der Waals surface area contributed by atoms with Crippen LogP contribution >= 0.6 is 62.5 Å². The minimum absolute atomic E-state index is 1.50. The van der Waals surface area contributed by atoms with Gasteiger partial charge in [-0.3, -0.25) is 0 Å². The topological polar surface area (TPSA) is 24.7 Å². The van der Waals surface area contributed by atoms with Crippen molar-refractivity contribution in [3.63, 3.8) is 0 Å². The van der Waals surface area contributed by atoms with Gasteiger partial charge in [0.05, 0.1) is 0 Å². The molecule has 0 heterocycles. The third-order valence-electron chi connectivity index (χ3n) is 2.14. The molecule has 1 aromatic carbocycles. The van der Waals surface area contributed by atoms with Gasteiger partial charge in [-0.2, -0.15) is 0 Å². The molecule has 0 N–H and O–H groups in total. The van der Waals surface area contributed by atoms with E-state index in [9.17, 15) is 22.0 Å². The molecule has 21 heavy (non-hydrogen) atoms. The van der Waals surface area contributed by atoms with Crippen LogP contribution in [0.4, 0.5) is 22.0 Å². The number of hydrogen-bond donors (Lipinski definition) is 0. The standard InChI is InChI=1S/C8Cl3F5N2PS2/c9-19(10,11,17-1-20,18-2-21)8-6(15)4(13)3(12)5(14)7(8)16/q-1. The van der Waals surface area contributed by atoms with Crippen LogP contribution in [0.1, 0.15) is 0 Å². The summed E-state index contributed by atoms with van der Waals surface area (Å²) in [5.74, 6) is -12.0.